The van der Waals surface area contributed by atoms with Gasteiger partial charge < -0.3 is 29.8 Å². The van der Waals surface area contributed by atoms with E-state index in [1.165, 1.54) is 0 Å². The molecular formula is C13H17NO5. The molecule has 19 heavy (non-hydrogen) atoms. The number of ether oxygens (including phenoxy) is 4. The third-order valence-corrected chi connectivity index (χ3v) is 3.28. The monoisotopic (exact) mass is 267 g/mol. The van der Waals surface area contributed by atoms with Crippen LogP contribution in [0.2, 0.25) is 0 Å². The molecule has 0 aromatic heterocycles. The molecule has 0 radical (unpaired) electrons. The second-order valence-corrected chi connectivity index (χ2v) is 4.68. The summed E-state index contributed by atoms with van der Waals surface area (Å²) < 4.78 is 22.0. The van der Waals surface area contributed by atoms with Crippen LogP contribution in [-0.2, 0) is 14.2 Å². The Balaban J connectivity index is 1.64. The Morgan fingerprint density at radius 3 is 2.74 bits per heavy atom. The molecule has 0 aliphatic carbocycles. The molecule has 2 aliphatic heterocycles. The Bertz CT molecular complexity index is 413. The summed E-state index contributed by atoms with van der Waals surface area (Å²) in [6.45, 7) is -0.238. The summed E-state index contributed by atoms with van der Waals surface area (Å²) in [5.41, 5.74) is 5.75. The molecule has 1 aromatic rings. The first-order valence-corrected chi connectivity index (χ1v) is 6.28. The number of rotatable bonds is 2. The maximum absolute atomic E-state index is 10.0. The molecule has 0 bridgehead atoms. The van der Waals surface area contributed by atoms with Crippen molar-refractivity contribution in [3.8, 4) is 5.75 Å². The zero-order valence-electron chi connectivity index (χ0n) is 10.3. The van der Waals surface area contributed by atoms with Crippen LogP contribution in [0, 0.1) is 0 Å². The van der Waals surface area contributed by atoms with Crippen LogP contribution >= 0.6 is 0 Å². The van der Waals surface area contributed by atoms with E-state index in [0.717, 1.165) is 0 Å². The highest BCUT2D eigenvalue weighted by Crippen LogP contribution is 2.25. The van der Waals surface area contributed by atoms with Gasteiger partial charge in [0.05, 0.1) is 19.3 Å². The summed E-state index contributed by atoms with van der Waals surface area (Å²) in [6, 6.07) is 8.77. The smallest absolute Gasteiger partial charge is 0.316 e. The lowest BCUT2D eigenvalue weighted by Crippen LogP contribution is -2.62. The van der Waals surface area contributed by atoms with E-state index < -0.39 is 24.7 Å². The third-order valence-electron chi connectivity index (χ3n) is 3.28. The molecule has 4 unspecified atom stereocenters. The lowest BCUT2D eigenvalue weighted by molar-refractivity contribution is -0.351. The molecule has 6 heteroatoms. The van der Waals surface area contributed by atoms with Gasteiger partial charge in [-0.3, -0.25) is 0 Å². The van der Waals surface area contributed by atoms with Gasteiger partial charge in [0, 0.05) is 0 Å². The fraction of sp³-hybridized carbons (Fsp3) is 0.538. The van der Waals surface area contributed by atoms with Gasteiger partial charge in [-0.1, -0.05) is 18.2 Å². The number of para-hydroxylation sites is 1. The SMILES string of the molecule is NC1COC2COC(Oc3ccccc3)O[C@H]2C1O. The van der Waals surface area contributed by atoms with Gasteiger partial charge in [0.15, 0.2) is 0 Å². The Morgan fingerprint density at radius 1 is 1.16 bits per heavy atom. The van der Waals surface area contributed by atoms with Gasteiger partial charge >= 0.3 is 6.48 Å². The quantitative estimate of drug-likeness (QED) is 0.775. The zero-order chi connectivity index (χ0) is 13.2. The lowest BCUT2D eigenvalue weighted by atomic mass is 9.98. The Labute approximate surface area is 111 Å². The van der Waals surface area contributed by atoms with Gasteiger partial charge in [-0.2, -0.15) is 0 Å². The van der Waals surface area contributed by atoms with E-state index in [2.05, 4.69) is 0 Å². The van der Waals surface area contributed by atoms with Crippen LogP contribution in [0.5, 0.6) is 5.75 Å². The Morgan fingerprint density at radius 2 is 1.95 bits per heavy atom. The van der Waals surface area contributed by atoms with E-state index in [1.54, 1.807) is 12.1 Å². The first-order chi connectivity index (χ1) is 9.24. The highest BCUT2D eigenvalue weighted by atomic mass is 16.9. The first-order valence-electron chi connectivity index (χ1n) is 6.28. The van der Waals surface area contributed by atoms with E-state index in [4.69, 9.17) is 24.7 Å². The summed E-state index contributed by atoms with van der Waals surface area (Å²) in [6.07, 6.45) is -1.60. The molecule has 3 N–H and O–H groups in total. The van der Waals surface area contributed by atoms with Crippen LogP contribution in [0.1, 0.15) is 0 Å². The van der Waals surface area contributed by atoms with Crippen molar-refractivity contribution in [3.63, 3.8) is 0 Å². The van der Waals surface area contributed by atoms with Crippen molar-refractivity contribution in [2.24, 2.45) is 5.73 Å². The molecule has 3 rings (SSSR count). The van der Waals surface area contributed by atoms with Crippen LogP contribution in [0.4, 0.5) is 0 Å². The van der Waals surface area contributed by atoms with E-state index in [9.17, 15) is 5.11 Å². The average molecular weight is 267 g/mol. The number of hydrogen-bond acceptors (Lipinski definition) is 6. The van der Waals surface area contributed by atoms with Gasteiger partial charge in [0.2, 0.25) is 0 Å². The Kier molecular flexibility index (Phi) is 3.67. The molecule has 1 aromatic carbocycles. The van der Waals surface area contributed by atoms with Gasteiger partial charge in [-0.15, -0.1) is 0 Å². The standard InChI is InChI=1S/C13H17NO5/c14-9-6-16-10-7-17-13(19-12(10)11(9)15)18-8-4-2-1-3-5-8/h1-5,9-13,15H,6-7,14H2/t9?,10?,11?,12-,13?/m1/s1. The maximum Gasteiger partial charge on any atom is 0.316 e. The predicted molar refractivity (Wildman–Crippen MR) is 65.4 cm³/mol. The summed E-state index contributed by atoms with van der Waals surface area (Å²) >= 11 is 0. The number of nitrogens with two attached hydrogens (primary N) is 1. The lowest BCUT2D eigenvalue weighted by Gasteiger charge is -2.43. The van der Waals surface area contributed by atoms with Crippen molar-refractivity contribution in [3.05, 3.63) is 30.3 Å². The zero-order valence-corrected chi connectivity index (χ0v) is 10.3. The third kappa shape index (κ3) is 2.72. The average Bonchev–Trinajstić information content (AvgIpc) is 2.45. The fourth-order valence-electron chi connectivity index (χ4n) is 2.22. The molecule has 0 saturated carbocycles. The second kappa shape index (κ2) is 5.44. The number of benzene rings is 1. The molecule has 0 amide bonds. The van der Waals surface area contributed by atoms with Gasteiger partial charge in [-0.25, -0.2) is 0 Å². The van der Waals surface area contributed by atoms with Crippen LogP contribution in [0.15, 0.2) is 30.3 Å². The number of aliphatic hydroxyl groups is 1. The van der Waals surface area contributed by atoms with Crippen LogP contribution in [-0.4, -0.2) is 49.2 Å². The summed E-state index contributed by atoms with van der Waals surface area (Å²) in [5, 5.41) is 10.0. The molecule has 2 heterocycles. The number of hydrogen-bond donors (Lipinski definition) is 2. The van der Waals surface area contributed by atoms with Crippen molar-refractivity contribution in [2.45, 2.75) is 30.8 Å². The van der Waals surface area contributed by atoms with Crippen molar-refractivity contribution in [1.29, 1.82) is 0 Å². The molecule has 2 fully saturated rings. The minimum Gasteiger partial charge on any atom is -0.441 e. The minimum atomic E-state index is -0.854. The number of aliphatic hydroxyl groups excluding tert-OH is 1. The van der Waals surface area contributed by atoms with E-state index in [-0.39, 0.29) is 6.10 Å². The molecule has 2 aliphatic rings. The molecule has 104 valence electrons. The normalized spacial score (nSPS) is 38.5. The van der Waals surface area contributed by atoms with Gasteiger partial charge in [-0.05, 0) is 12.1 Å². The summed E-state index contributed by atoms with van der Waals surface area (Å²) in [4.78, 5) is 0. The van der Waals surface area contributed by atoms with E-state index in [1.807, 2.05) is 18.2 Å². The molecular weight excluding hydrogens is 250 g/mol. The maximum atomic E-state index is 10.0. The van der Waals surface area contributed by atoms with Gasteiger partial charge in [0.25, 0.3) is 0 Å². The second-order valence-electron chi connectivity index (χ2n) is 4.68. The topological polar surface area (TPSA) is 83.2 Å². The van der Waals surface area contributed by atoms with Crippen molar-refractivity contribution >= 4 is 0 Å². The Hall–Kier alpha value is -1.18. The predicted octanol–water partition coefficient (Wildman–Crippen LogP) is -0.149. The van der Waals surface area contributed by atoms with E-state index >= 15 is 0 Å². The first kappa shape index (κ1) is 12.8. The highest BCUT2D eigenvalue weighted by Gasteiger charge is 2.44. The van der Waals surface area contributed by atoms with Crippen molar-refractivity contribution < 1.29 is 24.1 Å². The number of fused-ring (bicyclic) bond motifs is 1. The fourth-order valence-corrected chi connectivity index (χ4v) is 2.22. The minimum absolute atomic E-state index is 0.301. The molecule has 5 atom stereocenters. The summed E-state index contributed by atoms with van der Waals surface area (Å²) in [7, 11) is 0. The molecule has 0 spiro atoms. The van der Waals surface area contributed by atoms with Crippen molar-refractivity contribution in [2.75, 3.05) is 13.2 Å². The molecule has 2 saturated heterocycles. The summed E-state index contributed by atoms with van der Waals surface area (Å²) in [5.74, 6) is 0.640. The van der Waals surface area contributed by atoms with Crippen LogP contribution in [0.3, 0.4) is 0 Å². The van der Waals surface area contributed by atoms with Crippen molar-refractivity contribution in [1.82, 2.24) is 0 Å². The van der Waals surface area contributed by atoms with E-state index in [0.29, 0.717) is 19.0 Å². The van der Waals surface area contributed by atoms with Crippen LogP contribution < -0.4 is 10.5 Å². The largest absolute Gasteiger partial charge is 0.441 e. The van der Waals surface area contributed by atoms with Gasteiger partial charge in [0.1, 0.15) is 24.1 Å². The highest BCUT2D eigenvalue weighted by molar-refractivity contribution is 5.20. The molecule has 6 nitrogen and oxygen atoms in total. The van der Waals surface area contributed by atoms with Crippen LogP contribution in [0.25, 0.3) is 0 Å².